The van der Waals surface area contributed by atoms with Crippen LogP contribution in [0.1, 0.15) is 77.3 Å². The van der Waals surface area contributed by atoms with Crippen LogP contribution in [0.4, 0.5) is 0 Å². The molecule has 0 bridgehead atoms. The van der Waals surface area contributed by atoms with Crippen molar-refractivity contribution >= 4 is 17.7 Å². The second kappa shape index (κ2) is 14.2. The maximum absolute atomic E-state index is 14.6. The molecule has 10 nitrogen and oxygen atoms in total. The number of amides is 3. The maximum atomic E-state index is 14.6. The Labute approximate surface area is 250 Å². The predicted molar refractivity (Wildman–Crippen MR) is 160 cm³/mol. The number of nitrogens with one attached hydrogen (secondary N) is 3. The molecular weight excluding hydrogens is 534 g/mol. The van der Waals surface area contributed by atoms with Gasteiger partial charge in [0.2, 0.25) is 17.7 Å². The topological polar surface area (TPSA) is 112 Å². The van der Waals surface area contributed by atoms with Crippen molar-refractivity contribution in [2.75, 3.05) is 39.4 Å². The van der Waals surface area contributed by atoms with E-state index in [4.69, 9.17) is 9.47 Å². The SMILES string of the molecule is CCN[C@@H](C)C(=O)N[C@H](C(=O)N1C[C@H]2C[C@@H](OCC)CN2C[C@H]1C(=O)N[C@@H]1CCOc2ccccc21)C1CCCCC1. The molecule has 3 N–H and O–H groups in total. The Morgan fingerprint density at radius 1 is 1.05 bits per heavy atom. The van der Waals surface area contributed by atoms with Crippen molar-refractivity contribution in [2.24, 2.45) is 5.92 Å². The number of rotatable bonds is 10. The Morgan fingerprint density at radius 3 is 2.60 bits per heavy atom. The van der Waals surface area contributed by atoms with Crippen LogP contribution in [0.5, 0.6) is 5.75 Å². The largest absolute Gasteiger partial charge is 0.493 e. The lowest BCUT2D eigenvalue weighted by atomic mass is 9.82. The lowest BCUT2D eigenvalue weighted by Gasteiger charge is -2.45. The molecule has 1 aromatic carbocycles. The Bertz CT molecular complexity index is 1090. The van der Waals surface area contributed by atoms with Crippen molar-refractivity contribution in [3.63, 3.8) is 0 Å². The summed E-state index contributed by atoms with van der Waals surface area (Å²) >= 11 is 0. The number of hydrogen-bond donors (Lipinski definition) is 3. The molecule has 3 amide bonds. The van der Waals surface area contributed by atoms with Gasteiger partial charge in [0.25, 0.3) is 0 Å². The summed E-state index contributed by atoms with van der Waals surface area (Å²) in [4.78, 5) is 46.0. The minimum absolute atomic E-state index is 0.0629. The quantitative estimate of drug-likeness (QED) is 0.388. The number of fused-ring (bicyclic) bond motifs is 2. The zero-order chi connectivity index (χ0) is 29.6. The summed E-state index contributed by atoms with van der Waals surface area (Å²) in [5, 5.41) is 9.57. The van der Waals surface area contributed by atoms with Crippen LogP contribution in [-0.2, 0) is 19.1 Å². The third kappa shape index (κ3) is 6.92. The number of carbonyl (C=O) groups excluding carboxylic acids is 3. The van der Waals surface area contributed by atoms with Crippen LogP contribution in [0.2, 0.25) is 0 Å². The summed E-state index contributed by atoms with van der Waals surface area (Å²) in [5.74, 6) is 0.396. The number of nitrogens with zero attached hydrogens (tertiary/aromatic N) is 2. The van der Waals surface area contributed by atoms with E-state index >= 15 is 0 Å². The van der Waals surface area contributed by atoms with Crippen molar-refractivity contribution in [2.45, 2.75) is 102 Å². The second-order valence-corrected chi connectivity index (χ2v) is 12.3. The van der Waals surface area contributed by atoms with E-state index in [0.717, 1.165) is 56.4 Å². The molecule has 10 heteroatoms. The molecule has 4 aliphatic rings. The van der Waals surface area contributed by atoms with Gasteiger partial charge in [-0.05, 0) is 51.6 Å². The van der Waals surface area contributed by atoms with Gasteiger partial charge in [0, 0.05) is 44.3 Å². The van der Waals surface area contributed by atoms with E-state index < -0.39 is 18.1 Å². The van der Waals surface area contributed by atoms with Gasteiger partial charge in [-0.3, -0.25) is 19.3 Å². The fourth-order valence-electron chi connectivity index (χ4n) is 7.32. The van der Waals surface area contributed by atoms with Crippen molar-refractivity contribution < 1.29 is 23.9 Å². The van der Waals surface area contributed by atoms with Crippen molar-refractivity contribution in [3.8, 4) is 5.75 Å². The maximum Gasteiger partial charge on any atom is 0.246 e. The standard InChI is InChI=1S/C32H49N5O5/c1-4-33-21(3)30(38)35-29(22-11-7-6-8-12-22)32(40)37-18-23-17-24(41-5-2)19-36(23)20-27(37)31(39)34-26-15-16-42-28-14-10-9-13-25(26)28/h9-10,13-14,21-24,26-27,29,33H,4-8,11-12,15-20H2,1-3H3,(H,34,39)(H,35,38)/t21-,23+,24+,26+,27-,29-/m0/s1. The number of piperazine rings is 1. The molecule has 3 heterocycles. The van der Waals surface area contributed by atoms with Crippen LogP contribution in [0.25, 0.3) is 0 Å². The minimum Gasteiger partial charge on any atom is -0.493 e. The zero-order valence-corrected chi connectivity index (χ0v) is 25.5. The average Bonchev–Trinajstić information content (AvgIpc) is 3.41. The Morgan fingerprint density at radius 2 is 1.83 bits per heavy atom. The zero-order valence-electron chi connectivity index (χ0n) is 25.5. The van der Waals surface area contributed by atoms with Crippen LogP contribution in [0.3, 0.4) is 0 Å². The molecule has 0 spiro atoms. The molecular formula is C32H49N5O5. The Hall–Kier alpha value is -2.69. The predicted octanol–water partition coefficient (Wildman–Crippen LogP) is 2.38. The van der Waals surface area contributed by atoms with Crippen molar-refractivity contribution in [1.82, 2.24) is 25.8 Å². The third-order valence-electron chi connectivity index (χ3n) is 9.53. The lowest BCUT2D eigenvalue weighted by Crippen LogP contribution is -2.66. The van der Waals surface area contributed by atoms with E-state index in [1.165, 1.54) is 0 Å². The third-order valence-corrected chi connectivity index (χ3v) is 9.53. The average molecular weight is 584 g/mol. The van der Waals surface area contributed by atoms with Gasteiger partial charge in [0.15, 0.2) is 0 Å². The number of likely N-dealkylation sites (N-methyl/N-ethyl adjacent to an activating group) is 1. The molecule has 0 radical (unpaired) electrons. The number of ether oxygens (including phenoxy) is 2. The summed E-state index contributed by atoms with van der Waals surface area (Å²) in [5.41, 5.74) is 0.964. The van der Waals surface area contributed by atoms with Gasteiger partial charge in [-0.15, -0.1) is 0 Å². The van der Waals surface area contributed by atoms with Crippen LogP contribution in [-0.4, -0.2) is 97.2 Å². The van der Waals surface area contributed by atoms with E-state index in [-0.39, 0.29) is 41.8 Å². The van der Waals surface area contributed by atoms with Gasteiger partial charge in [-0.25, -0.2) is 0 Å². The molecule has 0 aromatic heterocycles. The summed E-state index contributed by atoms with van der Waals surface area (Å²) in [6.07, 6.45) is 6.64. The first kappa shape index (κ1) is 30.8. The Kier molecular flexibility index (Phi) is 10.4. The molecule has 3 fully saturated rings. The van der Waals surface area contributed by atoms with Crippen LogP contribution in [0, 0.1) is 5.92 Å². The molecule has 1 aliphatic carbocycles. The monoisotopic (exact) mass is 583 g/mol. The van der Waals surface area contributed by atoms with E-state index in [9.17, 15) is 14.4 Å². The van der Waals surface area contributed by atoms with Gasteiger partial charge in [-0.2, -0.15) is 0 Å². The summed E-state index contributed by atoms with van der Waals surface area (Å²) < 4.78 is 11.8. The summed E-state index contributed by atoms with van der Waals surface area (Å²) in [6.45, 7) is 9.29. The fraction of sp³-hybridized carbons (Fsp3) is 0.719. The normalized spacial score (nSPS) is 27.7. The first-order valence-electron chi connectivity index (χ1n) is 16.1. The van der Waals surface area contributed by atoms with E-state index in [1.807, 2.05) is 45.0 Å². The van der Waals surface area contributed by atoms with Crippen LogP contribution in [0.15, 0.2) is 24.3 Å². The van der Waals surface area contributed by atoms with Crippen LogP contribution < -0.4 is 20.7 Å². The molecule has 6 atom stereocenters. The second-order valence-electron chi connectivity index (χ2n) is 12.3. The number of hydrogen-bond acceptors (Lipinski definition) is 7. The number of carbonyl (C=O) groups is 3. The fourth-order valence-corrected chi connectivity index (χ4v) is 7.32. The van der Waals surface area contributed by atoms with Crippen molar-refractivity contribution in [3.05, 3.63) is 29.8 Å². The Balaban J connectivity index is 1.40. The van der Waals surface area contributed by atoms with Gasteiger partial charge in [0.1, 0.15) is 17.8 Å². The molecule has 1 aromatic rings. The first-order chi connectivity index (χ1) is 20.4. The highest BCUT2D eigenvalue weighted by molar-refractivity contribution is 5.93. The minimum atomic E-state index is -0.654. The van der Waals surface area contributed by atoms with E-state index in [2.05, 4.69) is 20.9 Å². The van der Waals surface area contributed by atoms with Gasteiger partial charge in [-0.1, -0.05) is 44.4 Å². The molecule has 0 unspecified atom stereocenters. The molecule has 42 heavy (non-hydrogen) atoms. The van der Waals surface area contributed by atoms with Gasteiger partial charge >= 0.3 is 0 Å². The molecule has 2 saturated heterocycles. The highest BCUT2D eigenvalue weighted by atomic mass is 16.5. The smallest absolute Gasteiger partial charge is 0.246 e. The highest BCUT2D eigenvalue weighted by Gasteiger charge is 2.47. The summed E-state index contributed by atoms with van der Waals surface area (Å²) in [6, 6.07) is 6.06. The molecule has 1 saturated carbocycles. The van der Waals surface area contributed by atoms with Gasteiger partial charge in [0.05, 0.1) is 24.8 Å². The first-order valence-corrected chi connectivity index (χ1v) is 16.1. The molecule has 232 valence electrons. The highest BCUT2D eigenvalue weighted by Crippen LogP contribution is 2.34. The number of benzene rings is 1. The molecule has 3 aliphatic heterocycles. The van der Waals surface area contributed by atoms with Crippen molar-refractivity contribution in [1.29, 1.82) is 0 Å². The van der Waals surface area contributed by atoms with Crippen LogP contribution >= 0.6 is 0 Å². The number of para-hydroxylation sites is 1. The lowest BCUT2D eigenvalue weighted by molar-refractivity contribution is -0.149. The van der Waals surface area contributed by atoms with E-state index in [1.54, 1.807) is 4.90 Å². The van der Waals surface area contributed by atoms with Gasteiger partial charge < -0.3 is 30.3 Å². The summed E-state index contributed by atoms with van der Waals surface area (Å²) in [7, 11) is 0. The van der Waals surface area contributed by atoms with E-state index in [0.29, 0.717) is 39.3 Å². The molecule has 5 rings (SSSR count).